The lowest BCUT2D eigenvalue weighted by atomic mass is 9.88. The standard InChI is InChI=1S/C16H24N2/c1-18(10-12-3-6-16(17)7-4-12)11-15-9-13-2-5-14(15)8-13/h3-4,6-7,13-15H,2,5,8-11,17H2,1H3. The van der Waals surface area contributed by atoms with Gasteiger partial charge in [-0.2, -0.15) is 0 Å². The van der Waals surface area contributed by atoms with E-state index in [9.17, 15) is 0 Å². The van der Waals surface area contributed by atoms with Gasteiger partial charge in [-0.3, -0.25) is 0 Å². The van der Waals surface area contributed by atoms with Gasteiger partial charge in [-0.1, -0.05) is 18.6 Å². The number of rotatable bonds is 4. The van der Waals surface area contributed by atoms with Crippen LogP contribution in [0.4, 0.5) is 5.69 Å². The molecule has 3 unspecified atom stereocenters. The van der Waals surface area contributed by atoms with E-state index in [0.717, 1.165) is 30.0 Å². The average Bonchev–Trinajstić information content (AvgIpc) is 2.94. The van der Waals surface area contributed by atoms with Crippen LogP contribution in [-0.4, -0.2) is 18.5 Å². The molecule has 1 aromatic carbocycles. The van der Waals surface area contributed by atoms with Crippen molar-refractivity contribution in [1.29, 1.82) is 0 Å². The van der Waals surface area contributed by atoms with Crippen LogP contribution in [0.25, 0.3) is 0 Å². The Morgan fingerprint density at radius 1 is 1.17 bits per heavy atom. The van der Waals surface area contributed by atoms with Gasteiger partial charge in [-0.25, -0.2) is 0 Å². The van der Waals surface area contributed by atoms with E-state index in [1.165, 1.54) is 37.8 Å². The molecule has 0 amide bonds. The van der Waals surface area contributed by atoms with E-state index in [1.54, 1.807) is 0 Å². The molecule has 2 aliphatic carbocycles. The van der Waals surface area contributed by atoms with Crippen molar-refractivity contribution >= 4 is 5.69 Å². The quantitative estimate of drug-likeness (QED) is 0.824. The summed E-state index contributed by atoms with van der Waals surface area (Å²) in [5.41, 5.74) is 7.94. The third-order valence-corrected chi connectivity index (χ3v) is 4.86. The van der Waals surface area contributed by atoms with E-state index in [0.29, 0.717) is 0 Å². The third-order valence-electron chi connectivity index (χ3n) is 4.86. The van der Waals surface area contributed by atoms with Crippen LogP contribution in [0.1, 0.15) is 31.2 Å². The van der Waals surface area contributed by atoms with Crippen molar-refractivity contribution in [2.75, 3.05) is 19.3 Å². The molecule has 0 heterocycles. The van der Waals surface area contributed by atoms with Crippen LogP contribution >= 0.6 is 0 Å². The SMILES string of the molecule is CN(Cc1ccc(N)cc1)CC1CC2CCC1C2. The predicted molar refractivity (Wildman–Crippen MR) is 76.1 cm³/mol. The summed E-state index contributed by atoms with van der Waals surface area (Å²) in [6, 6.07) is 8.29. The van der Waals surface area contributed by atoms with Gasteiger partial charge in [-0.15, -0.1) is 0 Å². The lowest BCUT2D eigenvalue weighted by Crippen LogP contribution is -2.28. The van der Waals surface area contributed by atoms with Crippen LogP contribution in [0, 0.1) is 17.8 Å². The van der Waals surface area contributed by atoms with E-state index in [1.807, 2.05) is 12.1 Å². The molecule has 2 fully saturated rings. The second-order valence-electron chi connectivity index (χ2n) is 6.37. The van der Waals surface area contributed by atoms with Crippen LogP contribution in [0.3, 0.4) is 0 Å². The lowest BCUT2D eigenvalue weighted by Gasteiger charge is -2.27. The molecular weight excluding hydrogens is 220 g/mol. The van der Waals surface area contributed by atoms with Crippen LogP contribution < -0.4 is 5.73 Å². The van der Waals surface area contributed by atoms with Crippen molar-refractivity contribution in [3.8, 4) is 0 Å². The van der Waals surface area contributed by atoms with E-state index < -0.39 is 0 Å². The number of fused-ring (bicyclic) bond motifs is 2. The van der Waals surface area contributed by atoms with Crippen LogP contribution in [0.5, 0.6) is 0 Å². The van der Waals surface area contributed by atoms with Gasteiger partial charge >= 0.3 is 0 Å². The van der Waals surface area contributed by atoms with Gasteiger partial charge in [0, 0.05) is 18.8 Å². The third kappa shape index (κ3) is 2.54. The molecule has 0 aliphatic heterocycles. The Bertz CT molecular complexity index is 398. The maximum absolute atomic E-state index is 5.72. The molecule has 3 atom stereocenters. The Kier molecular flexibility index (Phi) is 3.29. The van der Waals surface area contributed by atoms with Crippen LogP contribution in [0.15, 0.2) is 24.3 Å². The summed E-state index contributed by atoms with van der Waals surface area (Å²) in [6.45, 7) is 2.32. The highest BCUT2D eigenvalue weighted by molar-refractivity contribution is 5.39. The number of hydrogen-bond acceptors (Lipinski definition) is 2. The van der Waals surface area contributed by atoms with Gasteiger partial charge in [0.15, 0.2) is 0 Å². The molecule has 0 saturated heterocycles. The smallest absolute Gasteiger partial charge is 0.0314 e. The van der Waals surface area contributed by atoms with Crippen LogP contribution in [-0.2, 0) is 6.54 Å². The number of nitrogen functional groups attached to an aromatic ring is 1. The molecule has 0 aromatic heterocycles. The first-order chi connectivity index (χ1) is 8.70. The Morgan fingerprint density at radius 3 is 2.56 bits per heavy atom. The minimum absolute atomic E-state index is 0.856. The zero-order valence-corrected chi connectivity index (χ0v) is 11.3. The molecule has 0 spiro atoms. The van der Waals surface area contributed by atoms with Crippen molar-refractivity contribution < 1.29 is 0 Å². The maximum atomic E-state index is 5.72. The van der Waals surface area contributed by atoms with Gasteiger partial charge in [0.05, 0.1) is 0 Å². The highest BCUT2D eigenvalue weighted by Gasteiger charge is 2.39. The molecule has 3 rings (SSSR count). The highest BCUT2D eigenvalue weighted by atomic mass is 15.1. The molecule has 2 bridgehead atoms. The van der Waals surface area contributed by atoms with Crippen molar-refractivity contribution in [3.05, 3.63) is 29.8 Å². The fourth-order valence-electron chi connectivity index (χ4n) is 4.00. The van der Waals surface area contributed by atoms with Gasteiger partial charge in [0.1, 0.15) is 0 Å². The Morgan fingerprint density at radius 2 is 1.94 bits per heavy atom. The van der Waals surface area contributed by atoms with E-state index in [4.69, 9.17) is 5.73 Å². The van der Waals surface area contributed by atoms with Gasteiger partial charge in [0.2, 0.25) is 0 Å². The topological polar surface area (TPSA) is 29.3 Å². The van der Waals surface area contributed by atoms with Crippen molar-refractivity contribution in [3.63, 3.8) is 0 Å². The fourth-order valence-corrected chi connectivity index (χ4v) is 4.00. The maximum Gasteiger partial charge on any atom is 0.0314 e. The summed E-state index contributed by atoms with van der Waals surface area (Å²) in [4.78, 5) is 2.48. The molecule has 18 heavy (non-hydrogen) atoms. The van der Waals surface area contributed by atoms with Crippen LogP contribution in [0.2, 0.25) is 0 Å². The second-order valence-corrected chi connectivity index (χ2v) is 6.37. The largest absolute Gasteiger partial charge is 0.399 e. The Labute approximate surface area is 110 Å². The molecule has 98 valence electrons. The minimum Gasteiger partial charge on any atom is -0.399 e. The predicted octanol–water partition coefficient (Wildman–Crippen LogP) is 3.14. The van der Waals surface area contributed by atoms with E-state index in [-0.39, 0.29) is 0 Å². The molecule has 2 aliphatic rings. The van der Waals surface area contributed by atoms with Gasteiger partial charge < -0.3 is 10.6 Å². The second kappa shape index (κ2) is 4.93. The molecule has 2 saturated carbocycles. The van der Waals surface area contributed by atoms with E-state index >= 15 is 0 Å². The first-order valence-corrected chi connectivity index (χ1v) is 7.23. The van der Waals surface area contributed by atoms with E-state index in [2.05, 4.69) is 24.1 Å². The van der Waals surface area contributed by atoms with Crippen molar-refractivity contribution in [2.24, 2.45) is 17.8 Å². The number of anilines is 1. The summed E-state index contributed by atoms with van der Waals surface area (Å²) < 4.78 is 0. The molecule has 1 aromatic rings. The summed E-state index contributed by atoms with van der Waals surface area (Å²) in [5, 5.41) is 0. The van der Waals surface area contributed by atoms with Gasteiger partial charge in [-0.05, 0) is 61.8 Å². The summed E-state index contributed by atoms with van der Waals surface area (Å²) in [7, 11) is 2.25. The van der Waals surface area contributed by atoms with Gasteiger partial charge in [0.25, 0.3) is 0 Å². The molecule has 0 radical (unpaired) electrons. The number of benzene rings is 1. The zero-order valence-electron chi connectivity index (χ0n) is 11.3. The fraction of sp³-hybridized carbons (Fsp3) is 0.625. The molecule has 2 heteroatoms. The highest BCUT2D eigenvalue weighted by Crippen LogP contribution is 2.48. The monoisotopic (exact) mass is 244 g/mol. The number of hydrogen-bond donors (Lipinski definition) is 1. The summed E-state index contributed by atoms with van der Waals surface area (Å²) >= 11 is 0. The Hall–Kier alpha value is -1.02. The zero-order chi connectivity index (χ0) is 12.5. The minimum atomic E-state index is 0.856. The molecule has 2 N–H and O–H groups in total. The lowest BCUT2D eigenvalue weighted by molar-refractivity contribution is 0.214. The van der Waals surface area contributed by atoms with Crippen molar-refractivity contribution in [1.82, 2.24) is 4.90 Å². The van der Waals surface area contributed by atoms with Crippen molar-refractivity contribution in [2.45, 2.75) is 32.2 Å². The molecular formula is C16H24N2. The summed E-state index contributed by atoms with van der Waals surface area (Å²) in [5.74, 6) is 3.05. The summed E-state index contributed by atoms with van der Waals surface area (Å²) in [6.07, 6.45) is 5.99. The first kappa shape index (κ1) is 12.0. The molecule has 2 nitrogen and oxygen atoms in total. The first-order valence-electron chi connectivity index (χ1n) is 7.23. The number of nitrogens with two attached hydrogens (primary N) is 1. The Balaban J connectivity index is 1.52. The normalized spacial score (nSPS) is 30.2. The number of nitrogens with zero attached hydrogens (tertiary/aromatic N) is 1. The average molecular weight is 244 g/mol.